The van der Waals surface area contributed by atoms with E-state index in [2.05, 4.69) is 4.98 Å². The molecule has 0 radical (unpaired) electrons. The molecular formula is C17H19N3O3. The number of benzene rings is 1. The first-order chi connectivity index (χ1) is 11.1. The second-order valence-corrected chi connectivity index (χ2v) is 5.47. The Morgan fingerprint density at radius 3 is 2.57 bits per heavy atom. The van der Waals surface area contributed by atoms with Gasteiger partial charge in [-0.1, -0.05) is 30.3 Å². The fourth-order valence-electron chi connectivity index (χ4n) is 2.62. The molecule has 1 aromatic carbocycles. The van der Waals surface area contributed by atoms with Crippen LogP contribution in [0, 0.1) is 6.92 Å². The number of carbonyl (C=O) groups excluding carboxylic acids is 1. The van der Waals surface area contributed by atoms with Gasteiger partial charge < -0.3 is 9.64 Å². The highest BCUT2D eigenvalue weighted by Crippen LogP contribution is 2.14. The van der Waals surface area contributed by atoms with E-state index >= 15 is 0 Å². The van der Waals surface area contributed by atoms with Gasteiger partial charge in [-0.3, -0.25) is 14.2 Å². The molecule has 1 aromatic heterocycles. The number of aryl methyl sites for hydroxylation is 1. The van der Waals surface area contributed by atoms with E-state index in [0.717, 1.165) is 5.56 Å². The zero-order chi connectivity index (χ0) is 16.2. The Morgan fingerprint density at radius 1 is 1.22 bits per heavy atom. The highest BCUT2D eigenvalue weighted by molar-refractivity contribution is 5.76. The summed E-state index contributed by atoms with van der Waals surface area (Å²) in [5.74, 6) is 0.464. The molecule has 23 heavy (non-hydrogen) atoms. The highest BCUT2D eigenvalue weighted by atomic mass is 16.5. The Balaban J connectivity index is 1.83. The SMILES string of the molecule is Cc1nc(-c2ccccc2)cc(=O)n1CC(=O)N1CCOCC1. The van der Waals surface area contributed by atoms with Gasteiger partial charge in [0.2, 0.25) is 5.91 Å². The second-order valence-electron chi connectivity index (χ2n) is 5.47. The van der Waals surface area contributed by atoms with Crippen LogP contribution in [0.3, 0.4) is 0 Å². The van der Waals surface area contributed by atoms with Crippen LogP contribution in [-0.4, -0.2) is 46.7 Å². The molecule has 0 unspecified atom stereocenters. The summed E-state index contributed by atoms with van der Waals surface area (Å²) in [5.41, 5.74) is 1.31. The zero-order valence-corrected chi connectivity index (χ0v) is 13.1. The lowest BCUT2D eigenvalue weighted by Gasteiger charge is -2.27. The minimum atomic E-state index is -0.210. The molecule has 0 spiro atoms. The van der Waals surface area contributed by atoms with Crippen molar-refractivity contribution in [3.63, 3.8) is 0 Å². The number of ether oxygens (including phenoxy) is 1. The summed E-state index contributed by atoms with van der Waals surface area (Å²) in [6.07, 6.45) is 0. The summed E-state index contributed by atoms with van der Waals surface area (Å²) >= 11 is 0. The van der Waals surface area contributed by atoms with Crippen molar-refractivity contribution < 1.29 is 9.53 Å². The molecule has 0 atom stereocenters. The van der Waals surface area contributed by atoms with Gasteiger partial charge in [-0.25, -0.2) is 4.98 Å². The summed E-state index contributed by atoms with van der Waals surface area (Å²) in [6, 6.07) is 11.0. The molecule has 1 amide bonds. The van der Waals surface area contributed by atoms with E-state index in [4.69, 9.17) is 4.74 Å². The first kappa shape index (κ1) is 15.4. The molecule has 1 aliphatic heterocycles. The number of carbonyl (C=O) groups is 1. The van der Waals surface area contributed by atoms with Gasteiger partial charge in [0.25, 0.3) is 5.56 Å². The Labute approximate surface area is 134 Å². The Hall–Kier alpha value is -2.47. The molecule has 1 saturated heterocycles. The van der Waals surface area contributed by atoms with Crippen molar-refractivity contribution in [1.29, 1.82) is 0 Å². The summed E-state index contributed by atoms with van der Waals surface area (Å²) in [4.78, 5) is 30.9. The lowest BCUT2D eigenvalue weighted by atomic mass is 10.1. The van der Waals surface area contributed by atoms with E-state index in [9.17, 15) is 9.59 Å². The lowest BCUT2D eigenvalue weighted by molar-refractivity contribution is -0.136. The molecule has 1 fully saturated rings. The molecule has 0 N–H and O–H groups in total. The molecule has 2 heterocycles. The van der Waals surface area contributed by atoms with Crippen LogP contribution in [0.4, 0.5) is 0 Å². The molecule has 2 aromatic rings. The second kappa shape index (κ2) is 6.75. The first-order valence-electron chi connectivity index (χ1n) is 7.64. The number of morpholine rings is 1. The average Bonchev–Trinajstić information content (AvgIpc) is 2.59. The number of rotatable bonds is 3. The van der Waals surface area contributed by atoms with E-state index in [1.54, 1.807) is 11.8 Å². The van der Waals surface area contributed by atoms with Crippen molar-refractivity contribution in [2.24, 2.45) is 0 Å². The summed E-state index contributed by atoms with van der Waals surface area (Å²) in [7, 11) is 0. The highest BCUT2D eigenvalue weighted by Gasteiger charge is 2.18. The molecule has 3 rings (SSSR count). The largest absolute Gasteiger partial charge is 0.378 e. The van der Waals surface area contributed by atoms with Crippen molar-refractivity contribution >= 4 is 5.91 Å². The molecule has 0 aliphatic carbocycles. The Bertz CT molecular complexity index is 749. The predicted molar refractivity (Wildman–Crippen MR) is 86.1 cm³/mol. The van der Waals surface area contributed by atoms with E-state index in [-0.39, 0.29) is 18.0 Å². The van der Waals surface area contributed by atoms with E-state index < -0.39 is 0 Å². The Morgan fingerprint density at radius 2 is 1.91 bits per heavy atom. The molecule has 6 heteroatoms. The number of aromatic nitrogens is 2. The quantitative estimate of drug-likeness (QED) is 0.850. The molecule has 0 saturated carbocycles. The third-order valence-electron chi connectivity index (χ3n) is 3.93. The molecular weight excluding hydrogens is 294 g/mol. The maximum absolute atomic E-state index is 12.4. The summed E-state index contributed by atoms with van der Waals surface area (Å²) < 4.78 is 6.66. The van der Waals surface area contributed by atoms with Crippen LogP contribution in [0.15, 0.2) is 41.2 Å². The lowest BCUT2D eigenvalue weighted by Crippen LogP contribution is -2.43. The third kappa shape index (κ3) is 3.48. The minimum Gasteiger partial charge on any atom is -0.378 e. The topological polar surface area (TPSA) is 64.4 Å². The maximum Gasteiger partial charge on any atom is 0.254 e. The van der Waals surface area contributed by atoms with Gasteiger partial charge in [0.05, 0.1) is 18.9 Å². The third-order valence-corrected chi connectivity index (χ3v) is 3.93. The van der Waals surface area contributed by atoms with E-state index in [0.29, 0.717) is 37.8 Å². The molecule has 1 aliphatic rings. The monoisotopic (exact) mass is 313 g/mol. The van der Waals surface area contributed by atoms with Gasteiger partial charge in [0.15, 0.2) is 0 Å². The summed E-state index contributed by atoms with van der Waals surface area (Å²) in [6.45, 7) is 4.01. The number of amides is 1. The van der Waals surface area contributed by atoms with E-state index in [1.807, 2.05) is 30.3 Å². The van der Waals surface area contributed by atoms with Crippen LogP contribution in [0.5, 0.6) is 0 Å². The zero-order valence-electron chi connectivity index (χ0n) is 13.1. The first-order valence-corrected chi connectivity index (χ1v) is 7.64. The number of hydrogen-bond acceptors (Lipinski definition) is 4. The van der Waals surface area contributed by atoms with Crippen molar-refractivity contribution in [3.05, 3.63) is 52.6 Å². The molecule has 0 bridgehead atoms. The van der Waals surface area contributed by atoms with Crippen LogP contribution in [0.1, 0.15) is 5.82 Å². The average molecular weight is 313 g/mol. The van der Waals surface area contributed by atoms with Crippen molar-refractivity contribution in [3.8, 4) is 11.3 Å². The maximum atomic E-state index is 12.4. The summed E-state index contributed by atoms with van der Waals surface area (Å²) in [5, 5.41) is 0. The number of nitrogens with zero attached hydrogens (tertiary/aromatic N) is 3. The van der Waals surface area contributed by atoms with Crippen LogP contribution < -0.4 is 5.56 Å². The van der Waals surface area contributed by atoms with Crippen LogP contribution in [0.2, 0.25) is 0 Å². The van der Waals surface area contributed by atoms with Gasteiger partial charge in [-0.15, -0.1) is 0 Å². The van der Waals surface area contributed by atoms with Gasteiger partial charge in [-0.05, 0) is 6.92 Å². The van der Waals surface area contributed by atoms with Gasteiger partial charge in [0.1, 0.15) is 12.4 Å². The van der Waals surface area contributed by atoms with Gasteiger partial charge >= 0.3 is 0 Å². The number of hydrogen-bond donors (Lipinski definition) is 0. The molecule has 120 valence electrons. The fraction of sp³-hybridized carbons (Fsp3) is 0.353. The predicted octanol–water partition coefficient (Wildman–Crippen LogP) is 1.08. The fourth-order valence-corrected chi connectivity index (χ4v) is 2.62. The van der Waals surface area contributed by atoms with Gasteiger partial charge in [-0.2, -0.15) is 0 Å². The van der Waals surface area contributed by atoms with E-state index in [1.165, 1.54) is 10.6 Å². The standard InChI is InChI=1S/C17H19N3O3/c1-13-18-15(14-5-3-2-4-6-14)11-16(21)20(13)12-17(22)19-7-9-23-10-8-19/h2-6,11H,7-10,12H2,1H3. The minimum absolute atomic E-state index is 0.0206. The van der Waals surface area contributed by atoms with Crippen LogP contribution in [-0.2, 0) is 16.1 Å². The van der Waals surface area contributed by atoms with Crippen molar-refractivity contribution in [1.82, 2.24) is 14.5 Å². The van der Waals surface area contributed by atoms with Crippen LogP contribution in [0.25, 0.3) is 11.3 Å². The smallest absolute Gasteiger partial charge is 0.254 e. The van der Waals surface area contributed by atoms with Crippen molar-refractivity contribution in [2.45, 2.75) is 13.5 Å². The van der Waals surface area contributed by atoms with Gasteiger partial charge in [0, 0.05) is 24.7 Å². The normalized spacial score (nSPS) is 14.7. The van der Waals surface area contributed by atoms with Crippen LogP contribution >= 0.6 is 0 Å². The Kier molecular flexibility index (Phi) is 4.52. The molecule has 6 nitrogen and oxygen atoms in total. The van der Waals surface area contributed by atoms with Crippen molar-refractivity contribution in [2.75, 3.05) is 26.3 Å².